The zero-order valence-electron chi connectivity index (χ0n) is 13.3. The Hall–Kier alpha value is -1.77. The van der Waals surface area contributed by atoms with Crippen LogP contribution in [-0.2, 0) is 6.54 Å². The summed E-state index contributed by atoms with van der Waals surface area (Å²) in [5, 5.41) is 0. The van der Waals surface area contributed by atoms with E-state index in [9.17, 15) is 0 Å². The van der Waals surface area contributed by atoms with Gasteiger partial charge in [0.05, 0.1) is 13.2 Å². The molecule has 21 heavy (non-hydrogen) atoms. The Kier molecular flexibility index (Phi) is 6.32. The van der Waals surface area contributed by atoms with Crippen molar-refractivity contribution in [3.63, 3.8) is 0 Å². The van der Waals surface area contributed by atoms with Crippen LogP contribution in [-0.4, -0.2) is 11.2 Å². The van der Waals surface area contributed by atoms with Crippen LogP contribution in [0.1, 0.15) is 46.0 Å². The van der Waals surface area contributed by atoms with Gasteiger partial charge in [0, 0.05) is 0 Å². The number of benzene rings is 1. The quantitative estimate of drug-likeness (QED) is 0.501. The van der Waals surface area contributed by atoms with Crippen LogP contribution < -0.4 is 9.30 Å². The molecule has 0 bridgehead atoms. The monoisotopic (exact) mass is 287 g/mol. The molecule has 1 aromatic heterocycles. The van der Waals surface area contributed by atoms with Crippen molar-refractivity contribution in [1.29, 1.82) is 0 Å². The smallest absolute Gasteiger partial charge is 0.248 e. The molecule has 2 rings (SSSR count). The average molecular weight is 287 g/mol. The molecule has 0 unspecified atom stereocenters. The zero-order chi connectivity index (χ0) is 14.9. The third-order valence-electron chi connectivity index (χ3n) is 3.66. The summed E-state index contributed by atoms with van der Waals surface area (Å²) in [6.45, 7) is 6.07. The molecule has 0 radical (unpaired) electrons. The van der Waals surface area contributed by atoms with E-state index in [1.807, 2.05) is 19.1 Å². The van der Waals surface area contributed by atoms with Crippen LogP contribution in [0.25, 0.3) is 5.69 Å². The fraction of sp³-hybridized carbons (Fsp3) is 0.500. The lowest BCUT2D eigenvalue weighted by Crippen LogP contribution is -2.30. The largest absolute Gasteiger partial charge is 0.494 e. The summed E-state index contributed by atoms with van der Waals surface area (Å²) in [7, 11) is 0. The first kappa shape index (κ1) is 15.6. The van der Waals surface area contributed by atoms with Gasteiger partial charge >= 0.3 is 0 Å². The number of imidazole rings is 1. The van der Waals surface area contributed by atoms with E-state index in [1.165, 1.54) is 37.8 Å². The maximum atomic E-state index is 5.47. The van der Waals surface area contributed by atoms with E-state index in [-0.39, 0.29) is 0 Å². The lowest BCUT2D eigenvalue weighted by atomic mass is 10.1. The third kappa shape index (κ3) is 4.92. The Morgan fingerprint density at radius 3 is 2.48 bits per heavy atom. The molecule has 0 aliphatic rings. The summed E-state index contributed by atoms with van der Waals surface area (Å²) in [5.41, 5.74) is 1.17. The summed E-state index contributed by atoms with van der Waals surface area (Å²) < 4.78 is 9.89. The summed E-state index contributed by atoms with van der Waals surface area (Å²) in [5.74, 6) is 0.928. The van der Waals surface area contributed by atoms with Crippen LogP contribution in [0.15, 0.2) is 43.0 Å². The predicted molar refractivity (Wildman–Crippen MR) is 85.9 cm³/mol. The van der Waals surface area contributed by atoms with Gasteiger partial charge in [0.15, 0.2) is 0 Å². The normalized spacial score (nSPS) is 10.8. The lowest BCUT2D eigenvalue weighted by Gasteiger charge is -2.02. The molecule has 3 nitrogen and oxygen atoms in total. The van der Waals surface area contributed by atoms with Crippen molar-refractivity contribution in [2.75, 3.05) is 6.61 Å². The Labute approximate surface area is 128 Å². The molecule has 0 amide bonds. The molecule has 2 aromatic rings. The lowest BCUT2D eigenvalue weighted by molar-refractivity contribution is -0.696. The molecule has 0 N–H and O–H groups in total. The summed E-state index contributed by atoms with van der Waals surface area (Å²) in [6.07, 6.45) is 13.0. The topological polar surface area (TPSA) is 18.0 Å². The van der Waals surface area contributed by atoms with Gasteiger partial charge in [0.2, 0.25) is 6.33 Å². The number of aromatic nitrogens is 2. The van der Waals surface area contributed by atoms with Gasteiger partial charge in [-0.25, -0.2) is 9.13 Å². The molecular formula is C18H27N2O+. The predicted octanol–water partition coefficient (Wildman–Crippen LogP) is 4.13. The molecule has 0 atom stereocenters. The fourth-order valence-electron chi connectivity index (χ4n) is 2.46. The number of ether oxygens (including phenoxy) is 1. The van der Waals surface area contributed by atoms with Crippen LogP contribution in [0.2, 0.25) is 0 Å². The van der Waals surface area contributed by atoms with Gasteiger partial charge in [-0.05, 0) is 44.0 Å². The highest BCUT2D eigenvalue weighted by Gasteiger charge is 2.06. The Balaban J connectivity index is 1.87. The van der Waals surface area contributed by atoms with Crippen LogP contribution >= 0.6 is 0 Å². The van der Waals surface area contributed by atoms with Gasteiger partial charge in [0.25, 0.3) is 0 Å². The third-order valence-corrected chi connectivity index (χ3v) is 3.66. The number of hydrogen-bond acceptors (Lipinski definition) is 1. The minimum Gasteiger partial charge on any atom is -0.494 e. The summed E-state index contributed by atoms with van der Waals surface area (Å²) in [6, 6.07) is 8.23. The fourth-order valence-corrected chi connectivity index (χ4v) is 2.46. The maximum Gasteiger partial charge on any atom is 0.248 e. The highest BCUT2D eigenvalue weighted by Crippen LogP contribution is 2.14. The molecule has 0 spiro atoms. The highest BCUT2D eigenvalue weighted by atomic mass is 16.5. The molecule has 1 aromatic carbocycles. The highest BCUT2D eigenvalue weighted by molar-refractivity contribution is 5.36. The molecule has 0 saturated carbocycles. The van der Waals surface area contributed by atoms with Gasteiger partial charge in [-0.2, -0.15) is 0 Å². The van der Waals surface area contributed by atoms with E-state index in [2.05, 4.69) is 46.9 Å². The van der Waals surface area contributed by atoms with Crippen molar-refractivity contribution in [1.82, 2.24) is 4.57 Å². The van der Waals surface area contributed by atoms with Crippen molar-refractivity contribution in [3.8, 4) is 11.4 Å². The van der Waals surface area contributed by atoms with Gasteiger partial charge in [-0.3, -0.25) is 0 Å². The van der Waals surface area contributed by atoms with E-state index in [1.54, 1.807) is 0 Å². The first-order valence-electron chi connectivity index (χ1n) is 8.13. The van der Waals surface area contributed by atoms with Crippen molar-refractivity contribution in [3.05, 3.63) is 43.0 Å². The van der Waals surface area contributed by atoms with E-state index in [4.69, 9.17) is 4.74 Å². The maximum absolute atomic E-state index is 5.47. The second kappa shape index (κ2) is 8.50. The number of rotatable bonds is 9. The zero-order valence-corrected chi connectivity index (χ0v) is 13.3. The Bertz CT molecular complexity index is 516. The average Bonchev–Trinajstić information content (AvgIpc) is 2.97. The van der Waals surface area contributed by atoms with Crippen LogP contribution in [0.5, 0.6) is 5.75 Å². The molecule has 114 valence electrons. The van der Waals surface area contributed by atoms with E-state index >= 15 is 0 Å². The van der Waals surface area contributed by atoms with Crippen LogP contribution in [0.3, 0.4) is 0 Å². The van der Waals surface area contributed by atoms with Crippen molar-refractivity contribution >= 4 is 0 Å². The SMILES string of the molecule is CCCCCCC[n+]1ccn(-c2ccc(OCC)cc2)c1. The van der Waals surface area contributed by atoms with Crippen LogP contribution in [0.4, 0.5) is 0 Å². The molecular weight excluding hydrogens is 260 g/mol. The molecule has 0 aliphatic carbocycles. The number of hydrogen-bond donors (Lipinski definition) is 0. The van der Waals surface area contributed by atoms with Gasteiger partial charge in [-0.1, -0.05) is 26.2 Å². The molecule has 1 heterocycles. The van der Waals surface area contributed by atoms with Crippen molar-refractivity contribution in [2.45, 2.75) is 52.5 Å². The van der Waals surface area contributed by atoms with Crippen molar-refractivity contribution < 1.29 is 9.30 Å². The van der Waals surface area contributed by atoms with E-state index in [0.717, 1.165) is 12.3 Å². The second-order valence-electron chi connectivity index (χ2n) is 5.40. The molecule has 0 aliphatic heterocycles. The Morgan fingerprint density at radius 1 is 1.00 bits per heavy atom. The minimum absolute atomic E-state index is 0.709. The standard InChI is InChI=1S/C18H27N2O/c1-3-5-6-7-8-13-19-14-15-20(16-19)17-9-11-18(12-10-17)21-4-2/h9-12,14-16H,3-8,13H2,1-2H3/q+1. The second-order valence-corrected chi connectivity index (χ2v) is 5.40. The summed E-state index contributed by atoms with van der Waals surface area (Å²) in [4.78, 5) is 0. The van der Waals surface area contributed by atoms with Gasteiger partial charge in [0.1, 0.15) is 23.8 Å². The first-order valence-corrected chi connectivity index (χ1v) is 8.13. The molecule has 0 fully saturated rings. The van der Waals surface area contributed by atoms with E-state index < -0.39 is 0 Å². The Morgan fingerprint density at radius 2 is 1.76 bits per heavy atom. The van der Waals surface area contributed by atoms with Crippen molar-refractivity contribution in [2.24, 2.45) is 0 Å². The molecule has 3 heteroatoms. The summed E-state index contributed by atoms with van der Waals surface area (Å²) >= 11 is 0. The van der Waals surface area contributed by atoms with Gasteiger partial charge < -0.3 is 4.74 Å². The first-order chi connectivity index (χ1) is 10.3. The van der Waals surface area contributed by atoms with Gasteiger partial charge in [-0.15, -0.1) is 0 Å². The minimum atomic E-state index is 0.709. The number of unbranched alkanes of at least 4 members (excludes halogenated alkanes) is 4. The molecule has 0 saturated heterocycles. The van der Waals surface area contributed by atoms with Crippen LogP contribution in [0, 0.1) is 0 Å². The number of aryl methyl sites for hydroxylation is 1. The number of nitrogens with zero attached hydrogens (tertiary/aromatic N) is 2. The van der Waals surface area contributed by atoms with E-state index in [0.29, 0.717) is 6.61 Å².